The number of carbonyl (C=O) groups is 1. The molecule has 180 valence electrons. The van der Waals surface area contributed by atoms with Crippen molar-refractivity contribution in [1.82, 2.24) is 20.4 Å². The normalized spacial score (nSPS) is 16.5. The molecule has 1 aromatic carbocycles. The molecule has 2 aliphatic heterocycles. The minimum absolute atomic E-state index is 0.191. The molecule has 1 fully saturated rings. The molecule has 1 saturated heterocycles. The van der Waals surface area contributed by atoms with Gasteiger partial charge in [-0.25, -0.2) is 4.99 Å². The van der Waals surface area contributed by atoms with E-state index in [9.17, 15) is 4.79 Å². The molecule has 2 aliphatic rings. The highest BCUT2D eigenvalue weighted by molar-refractivity contribution is 6.07. The summed E-state index contributed by atoms with van der Waals surface area (Å²) in [5, 5.41) is 18.7. The Kier molecular flexibility index (Phi) is 7.25. The number of ether oxygens (including phenoxy) is 1. The van der Waals surface area contributed by atoms with Crippen LogP contribution in [0, 0.1) is 5.41 Å². The van der Waals surface area contributed by atoms with Crippen LogP contribution in [0.25, 0.3) is 5.70 Å². The lowest BCUT2D eigenvalue weighted by atomic mass is 10.0. The van der Waals surface area contributed by atoms with Crippen LogP contribution < -0.4 is 10.6 Å². The number of rotatable bonds is 8. The Hall–Kier alpha value is -4.00. The van der Waals surface area contributed by atoms with E-state index in [0.717, 1.165) is 35.5 Å². The lowest BCUT2D eigenvalue weighted by molar-refractivity contribution is -0.0958. The molecule has 0 radical (unpaired) electrons. The fraction of sp³-hybridized carbons (Fsp3) is 0.296. The summed E-state index contributed by atoms with van der Waals surface area (Å²) in [4.78, 5) is 17.4. The number of allylic oxidation sites excluding steroid dienone is 3. The van der Waals surface area contributed by atoms with Crippen LogP contribution in [0.4, 0.5) is 0 Å². The number of aromatic nitrogens is 2. The zero-order valence-corrected chi connectivity index (χ0v) is 20.1. The van der Waals surface area contributed by atoms with Crippen molar-refractivity contribution in [1.29, 1.82) is 5.41 Å². The van der Waals surface area contributed by atoms with Gasteiger partial charge in [-0.3, -0.25) is 9.48 Å². The number of benzene rings is 1. The standard InChI is InChI=1S/C27H30N6O2/c1-4-8-22(28)19-9-6-10-20(15-19)23-11-7-12-25(31-23)30-21(5-2)16-29-26(34)24-13-14-33(32-24)27(3)17-35-18-27/h4,6,8-11,13-15,28H,2,7,12,16-18H2,1,3H3,(H,29,34)(H,30,31)/b8-4-,28-22?. The Labute approximate surface area is 205 Å². The van der Waals surface area contributed by atoms with E-state index in [-0.39, 0.29) is 18.0 Å². The van der Waals surface area contributed by atoms with Gasteiger partial charge in [0.05, 0.1) is 36.9 Å². The van der Waals surface area contributed by atoms with E-state index in [0.29, 0.717) is 30.3 Å². The summed E-state index contributed by atoms with van der Waals surface area (Å²) in [6.07, 6.45) is 9.08. The average Bonchev–Trinajstić information content (AvgIpc) is 3.36. The van der Waals surface area contributed by atoms with Gasteiger partial charge in [0.15, 0.2) is 0 Å². The molecule has 0 spiro atoms. The number of amidine groups is 1. The van der Waals surface area contributed by atoms with Crippen molar-refractivity contribution in [3.8, 4) is 0 Å². The Morgan fingerprint density at radius 3 is 2.91 bits per heavy atom. The first-order chi connectivity index (χ1) is 16.9. The van der Waals surface area contributed by atoms with Gasteiger partial charge in [0.1, 0.15) is 17.1 Å². The molecule has 35 heavy (non-hydrogen) atoms. The summed E-state index contributed by atoms with van der Waals surface area (Å²) in [6.45, 7) is 9.09. The highest BCUT2D eigenvalue weighted by atomic mass is 16.5. The predicted molar refractivity (Wildman–Crippen MR) is 138 cm³/mol. The fourth-order valence-corrected chi connectivity index (χ4v) is 3.83. The second kappa shape index (κ2) is 10.5. The summed E-state index contributed by atoms with van der Waals surface area (Å²) < 4.78 is 7.06. The van der Waals surface area contributed by atoms with Crippen molar-refractivity contribution < 1.29 is 9.53 Å². The predicted octanol–water partition coefficient (Wildman–Crippen LogP) is 3.79. The van der Waals surface area contributed by atoms with Crippen molar-refractivity contribution >= 4 is 23.2 Å². The van der Waals surface area contributed by atoms with Crippen LogP contribution in [0.1, 0.15) is 48.3 Å². The minimum Gasteiger partial charge on any atom is -0.376 e. The Morgan fingerprint density at radius 1 is 1.37 bits per heavy atom. The number of hydrogen-bond donors (Lipinski definition) is 3. The third-order valence-corrected chi connectivity index (χ3v) is 5.91. The maximum absolute atomic E-state index is 12.6. The van der Waals surface area contributed by atoms with Crippen LogP contribution in [0.2, 0.25) is 0 Å². The Balaban J connectivity index is 1.38. The number of nitrogens with zero attached hydrogens (tertiary/aromatic N) is 3. The van der Waals surface area contributed by atoms with E-state index in [1.165, 1.54) is 0 Å². The molecule has 0 atom stereocenters. The Morgan fingerprint density at radius 2 is 2.20 bits per heavy atom. The molecule has 0 bridgehead atoms. The molecule has 0 unspecified atom stereocenters. The van der Waals surface area contributed by atoms with Gasteiger partial charge in [-0.2, -0.15) is 5.10 Å². The smallest absolute Gasteiger partial charge is 0.272 e. The van der Waals surface area contributed by atoms with Crippen LogP contribution in [0.15, 0.2) is 77.8 Å². The second-order valence-corrected chi connectivity index (χ2v) is 8.78. The number of nitrogens with one attached hydrogen (secondary N) is 3. The van der Waals surface area contributed by atoms with E-state index >= 15 is 0 Å². The average molecular weight is 471 g/mol. The Bertz CT molecular complexity index is 1270. The second-order valence-electron chi connectivity index (χ2n) is 8.78. The molecular formula is C27H30N6O2. The van der Waals surface area contributed by atoms with Gasteiger partial charge >= 0.3 is 0 Å². The molecule has 1 aromatic heterocycles. The highest BCUT2D eigenvalue weighted by Gasteiger charge is 2.36. The van der Waals surface area contributed by atoms with Gasteiger partial charge < -0.3 is 20.8 Å². The van der Waals surface area contributed by atoms with E-state index in [2.05, 4.69) is 34.1 Å². The van der Waals surface area contributed by atoms with E-state index < -0.39 is 0 Å². The van der Waals surface area contributed by atoms with Gasteiger partial charge in [0, 0.05) is 23.7 Å². The molecule has 2 aromatic rings. The molecular weight excluding hydrogens is 440 g/mol. The lowest BCUT2D eigenvalue weighted by Gasteiger charge is -2.38. The first-order valence-electron chi connectivity index (χ1n) is 11.6. The summed E-state index contributed by atoms with van der Waals surface area (Å²) in [5.41, 5.74) is 6.75. The summed E-state index contributed by atoms with van der Waals surface area (Å²) in [5.74, 6) is 0.507. The number of aliphatic imine (C=N–C) groups is 1. The number of hydrogen-bond acceptors (Lipinski definition) is 6. The summed E-state index contributed by atoms with van der Waals surface area (Å²) in [7, 11) is 0. The number of amides is 1. The van der Waals surface area contributed by atoms with Crippen molar-refractivity contribution in [2.45, 2.75) is 32.2 Å². The molecule has 0 saturated carbocycles. The molecule has 8 nitrogen and oxygen atoms in total. The van der Waals surface area contributed by atoms with Crippen molar-refractivity contribution in [3.05, 3.63) is 89.6 Å². The topological polar surface area (TPSA) is 104 Å². The monoisotopic (exact) mass is 470 g/mol. The van der Waals surface area contributed by atoms with Gasteiger partial charge in [-0.15, -0.1) is 5.73 Å². The minimum atomic E-state index is -0.270. The third kappa shape index (κ3) is 5.57. The summed E-state index contributed by atoms with van der Waals surface area (Å²) in [6, 6.07) is 9.52. The molecule has 0 aliphatic carbocycles. The van der Waals surface area contributed by atoms with E-state index in [4.69, 9.17) is 15.1 Å². The van der Waals surface area contributed by atoms with Gasteiger partial charge in [0.2, 0.25) is 0 Å². The quantitative estimate of drug-likeness (QED) is 0.403. The van der Waals surface area contributed by atoms with Crippen LogP contribution in [0.5, 0.6) is 0 Å². The summed E-state index contributed by atoms with van der Waals surface area (Å²) >= 11 is 0. The van der Waals surface area contributed by atoms with Gasteiger partial charge in [-0.05, 0) is 38.5 Å². The fourth-order valence-electron chi connectivity index (χ4n) is 3.83. The first-order valence-corrected chi connectivity index (χ1v) is 11.6. The van der Waals surface area contributed by atoms with Crippen LogP contribution in [-0.2, 0) is 10.3 Å². The van der Waals surface area contributed by atoms with Crippen LogP contribution in [0.3, 0.4) is 0 Å². The lowest BCUT2D eigenvalue weighted by Crippen LogP contribution is -2.49. The molecule has 1 amide bonds. The number of carbonyl (C=O) groups excluding carboxylic acids is 1. The molecule has 3 heterocycles. The molecule has 3 N–H and O–H groups in total. The van der Waals surface area contributed by atoms with Crippen LogP contribution >= 0.6 is 0 Å². The van der Waals surface area contributed by atoms with Crippen molar-refractivity contribution in [2.24, 2.45) is 4.99 Å². The zero-order chi connectivity index (χ0) is 24.8. The largest absolute Gasteiger partial charge is 0.376 e. The van der Waals surface area contributed by atoms with Gasteiger partial charge in [0.25, 0.3) is 5.91 Å². The molecule has 8 heteroatoms. The van der Waals surface area contributed by atoms with Gasteiger partial charge in [-0.1, -0.05) is 36.9 Å². The van der Waals surface area contributed by atoms with E-state index in [1.807, 2.05) is 44.2 Å². The third-order valence-electron chi connectivity index (χ3n) is 5.91. The SMILES string of the molecule is C=C=C(CNC(=O)c1ccn(C2(C)COC2)n1)NC1=NC(c2cccc(C(=N)/C=C\C)c2)=CCC1. The maximum Gasteiger partial charge on any atom is 0.272 e. The molecule has 4 rings (SSSR count). The first kappa shape index (κ1) is 24.1. The van der Waals surface area contributed by atoms with Crippen molar-refractivity contribution in [2.75, 3.05) is 19.8 Å². The maximum atomic E-state index is 12.6. The van der Waals surface area contributed by atoms with E-state index in [1.54, 1.807) is 23.0 Å². The van der Waals surface area contributed by atoms with Crippen molar-refractivity contribution in [3.63, 3.8) is 0 Å². The zero-order valence-electron chi connectivity index (χ0n) is 20.1. The van der Waals surface area contributed by atoms with Crippen LogP contribution in [-0.4, -0.2) is 47.0 Å². The highest BCUT2D eigenvalue weighted by Crippen LogP contribution is 2.25.